The van der Waals surface area contributed by atoms with Crippen molar-refractivity contribution in [1.82, 2.24) is 5.32 Å². The SMILES string of the molecule is CC(C)(C)N[C@H](C1=CC(C)(C)c2ccccc2C1=O)c1ccccc1. The minimum atomic E-state index is -0.174. The molecule has 2 aromatic rings. The van der Waals surface area contributed by atoms with Gasteiger partial charge >= 0.3 is 0 Å². The van der Waals surface area contributed by atoms with Gasteiger partial charge in [0.25, 0.3) is 0 Å². The van der Waals surface area contributed by atoms with Crippen molar-refractivity contribution in [3.05, 3.63) is 82.9 Å². The minimum Gasteiger partial charge on any atom is -0.301 e. The molecule has 1 aliphatic carbocycles. The molecule has 1 N–H and O–H groups in total. The van der Waals surface area contributed by atoms with Crippen LogP contribution in [0.15, 0.2) is 66.2 Å². The maximum absolute atomic E-state index is 13.3. The van der Waals surface area contributed by atoms with Crippen LogP contribution < -0.4 is 5.32 Å². The van der Waals surface area contributed by atoms with Crippen LogP contribution in [0, 0.1) is 0 Å². The van der Waals surface area contributed by atoms with Gasteiger partial charge in [0.05, 0.1) is 6.04 Å². The molecule has 0 saturated carbocycles. The van der Waals surface area contributed by atoms with Crippen LogP contribution in [0.25, 0.3) is 0 Å². The molecule has 25 heavy (non-hydrogen) atoms. The topological polar surface area (TPSA) is 29.1 Å². The number of hydrogen-bond acceptors (Lipinski definition) is 2. The summed E-state index contributed by atoms with van der Waals surface area (Å²) < 4.78 is 0. The summed E-state index contributed by atoms with van der Waals surface area (Å²) in [5.74, 6) is 0.125. The Bertz CT molecular complexity index is 809. The fourth-order valence-electron chi connectivity index (χ4n) is 3.56. The van der Waals surface area contributed by atoms with Gasteiger partial charge in [-0.05, 0) is 31.9 Å². The summed E-state index contributed by atoms with van der Waals surface area (Å²) in [6, 6.07) is 18.1. The number of carbonyl (C=O) groups is 1. The molecule has 0 radical (unpaired) electrons. The van der Waals surface area contributed by atoms with Crippen molar-refractivity contribution in [3.8, 4) is 0 Å². The fourth-order valence-corrected chi connectivity index (χ4v) is 3.56. The van der Waals surface area contributed by atoms with Crippen LogP contribution in [0.1, 0.15) is 62.1 Å². The molecule has 2 aromatic carbocycles. The number of rotatable bonds is 3. The number of allylic oxidation sites excluding steroid dienone is 1. The quantitative estimate of drug-likeness (QED) is 0.834. The average molecular weight is 333 g/mol. The molecule has 1 aliphatic rings. The molecule has 0 heterocycles. The Morgan fingerprint density at radius 3 is 2.16 bits per heavy atom. The van der Waals surface area contributed by atoms with E-state index in [1.165, 1.54) is 0 Å². The summed E-state index contributed by atoms with van der Waals surface area (Å²) in [4.78, 5) is 13.3. The first kappa shape index (κ1) is 17.6. The summed E-state index contributed by atoms with van der Waals surface area (Å²) in [5.41, 5.74) is 3.60. The van der Waals surface area contributed by atoms with E-state index in [2.05, 4.69) is 64.2 Å². The standard InChI is InChI=1S/C23H27NO/c1-22(2,3)24-20(16-11-7-6-8-12-16)18-15-23(4,5)19-14-10-9-13-17(19)21(18)25/h6-15,20,24H,1-5H3/t20-/m0/s1. The van der Waals surface area contributed by atoms with Gasteiger partial charge in [-0.15, -0.1) is 0 Å². The second-order valence-corrected chi connectivity index (χ2v) is 8.43. The summed E-state index contributed by atoms with van der Waals surface area (Å²) in [6.07, 6.45) is 2.15. The number of hydrogen-bond donors (Lipinski definition) is 1. The lowest BCUT2D eigenvalue weighted by molar-refractivity contribution is 0.101. The maximum atomic E-state index is 13.3. The third-order valence-corrected chi connectivity index (χ3v) is 4.67. The molecule has 0 aliphatic heterocycles. The molecule has 0 amide bonds. The molecular weight excluding hydrogens is 306 g/mol. The number of benzene rings is 2. The number of carbonyl (C=O) groups excluding carboxylic acids is 1. The molecule has 1 atom stereocenters. The van der Waals surface area contributed by atoms with Crippen LogP contribution in [0.3, 0.4) is 0 Å². The van der Waals surface area contributed by atoms with Crippen LogP contribution >= 0.6 is 0 Å². The molecule has 0 fully saturated rings. The van der Waals surface area contributed by atoms with Crippen molar-refractivity contribution in [2.45, 2.75) is 51.6 Å². The van der Waals surface area contributed by atoms with Gasteiger partial charge < -0.3 is 5.32 Å². The summed E-state index contributed by atoms with van der Waals surface area (Å²) in [6.45, 7) is 10.8. The highest BCUT2D eigenvalue weighted by Gasteiger charge is 2.36. The number of nitrogens with one attached hydrogen (secondary N) is 1. The van der Waals surface area contributed by atoms with Gasteiger partial charge in [0, 0.05) is 22.1 Å². The first-order chi connectivity index (χ1) is 11.7. The molecule has 0 bridgehead atoms. The zero-order valence-electron chi connectivity index (χ0n) is 15.8. The lowest BCUT2D eigenvalue weighted by Gasteiger charge is -2.36. The molecule has 2 nitrogen and oxygen atoms in total. The molecule has 0 spiro atoms. The Morgan fingerprint density at radius 1 is 0.920 bits per heavy atom. The van der Waals surface area contributed by atoms with Gasteiger partial charge in [-0.25, -0.2) is 0 Å². The Hall–Kier alpha value is -2.19. The molecule has 0 aromatic heterocycles. The van der Waals surface area contributed by atoms with Gasteiger partial charge in [0.15, 0.2) is 5.78 Å². The monoisotopic (exact) mass is 333 g/mol. The van der Waals surface area contributed by atoms with Gasteiger partial charge in [-0.1, -0.05) is 74.5 Å². The van der Waals surface area contributed by atoms with Crippen LogP contribution in [0.4, 0.5) is 0 Å². The van der Waals surface area contributed by atoms with E-state index in [9.17, 15) is 4.79 Å². The third-order valence-electron chi connectivity index (χ3n) is 4.67. The second-order valence-electron chi connectivity index (χ2n) is 8.43. The summed E-state index contributed by atoms with van der Waals surface area (Å²) >= 11 is 0. The third kappa shape index (κ3) is 3.59. The lowest BCUT2D eigenvalue weighted by atomic mass is 9.72. The Balaban J connectivity index is 2.13. The normalized spacial score (nSPS) is 17.6. The number of fused-ring (bicyclic) bond motifs is 1. The van der Waals surface area contributed by atoms with E-state index in [1.54, 1.807) is 0 Å². The van der Waals surface area contributed by atoms with Crippen molar-refractivity contribution >= 4 is 5.78 Å². The molecule has 0 saturated heterocycles. The van der Waals surface area contributed by atoms with Crippen LogP contribution in [0.5, 0.6) is 0 Å². The average Bonchev–Trinajstić information content (AvgIpc) is 2.56. The summed E-state index contributed by atoms with van der Waals surface area (Å²) in [5, 5.41) is 3.65. The second kappa shape index (κ2) is 6.27. The van der Waals surface area contributed by atoms with Gasteiger partial charge in [0.2, 0.25) is 0 Å². The first-order valence-electron chi connectivity index (χ1n) is 8.89. The van der Waals surface area contributed by atoms with E-state index in [4.69, 9.17) is 0 Å². The zero-order valence-corrected chi connectivity index (χ0v) is 15.8. The largest absolute Gasteiger partial charge is 0.301 e. The lowest BCUT2D eigenvalue weighted by Crippen LogP contribution is -2.42. The highest BCUT2D eigenvalue weighted by molar-refractivity contribution is 6.12. The summed E-state index contributed by atoms with van der Waals surface area (Å²) in [7, 11) is 0. The van der Waals surface area contributed by atoms with Crippen LogP contribution in [-0.4, -0.2) is 11.3 Å². The molecule has 0 unspecified atom stereocenters. The van der Waals surface area contributed by atoms with E-state index in [-0.39, 0.29) is 22.8 Å². The maximum Gasteiger partial charge on any atom is 0.190 e. The van der Waals surface area contributed by atoms with Gasteiger partial charge in [-0.2, -0.15) is 0 Å². The number of Topliss-reactive ketones (excluding diaryl/α,β-unsaturated/α-hetero) is 1. The van der Waals surface area contributed by atoms with E-state index >= 15 is 0 Å². The molecule has 2 heteroatoms. The fraction of sp³-hybridized carbons (Fsp3) is 0.348. The Labute approximate surface area is 151 Å². The van der Waals surface area contributed by atoms with Crippen molar-refractivity contribution in [1.29, 1.82) is 0 Å². The first-order valence-corrected chi connectivity index (χ1v) is 8.89. The van der Waals surface area contributed by atoms with Gasteiger partial charge in [0.1, 0.15) is 0 Å². The smallest absolute Gasteiger partial charge is 0.190 e. The number of ketones is 1. The van der Waals surface area contributed by atoms with E-state index in [0.29, 0.717) is 0 Å². The highest BCUT2D eigenvalue weighted by Crippen LogP contribution is 2.39. The molecular formula is C23H27NO. The predicted molar refractivity (Wildman–Crippen MR) is 104 cm³/mol. The highest BCUT2D eigenvalue weighted by atomic mass is 16.1. The Kier molecular flexibility index (Phi) is 4.42. The zero-order chi connectivity index (χ0) is 18.2. The van der Waals surface area contributed by atoms with E-state index in [1.807, 2.05) is 36.4 Å². The predicted octanol–water partition coefficient (Wildman–Crippen LogP) is 5.22. The van der Waals surface area contributed by atoms with Crippen molar-refractivity contribution in [3.63, 3.8) is 0 Å². The van der Waals surface area contributed by atoms with Crippen molar-refractivity contribution in [2.75, 3.05) is 0 Å². The van der Waals surface area contributed by atoms with E-state index in [0.717, 1.165) is 22.3 Å². The van der Waals surface area contributed by atoms with Gasteiger partial charge in [-0.3, -0.25) is 4.79 Å². The van der Waals surface area contributed by atoms with Crippen LogP contribution in [0.2, 0.25) is 0 Å². The van der Waals surface area contributed by atoms with Crippen molar-refractivity contribution < 1.29 is 4.79 Å². The minimum absolute atomic E-state index is 0.108. The molecule has 130 valence electrons. The Morgan fingerprint density at radius 2 is 1.52 bits per heavy atom. The van der Waals surface area contributed by atoms with Crippen LogP contribution in [-0.2, 0) is 5.41 Å². The van der Waals surface area contributed by atoms with E-state index < -0.39 is 0 Å². The van der Waals surface area contributed by atoms with Crippen molar-refractivity contribution in [2.24, 2.45) is 0 Å². The molecule has 3 rings (SSSR count).